The third kappa shape index (κ3) is 4.57. The molecular formula is C28H27FN4O. The predicted molar refractivity (Wildman–Crippen MR) is 132 cm³/mol. The van der Waals surface area contributed by atoms with Crippen molar-refractivity contribution in [3.63, 3.8) is 0 Å². The summed E-state index contributed by atoms with van der Waals surface area (Å²) >= 11 is 0. The van der Waals surface area contributed by atoms with Crippen molar-refractivity contribution in [2.75, 3.05) is 31.1 Å². The number of carbonyl (C=O) groups is 1. The lowest BCUT2D eigenvalue weighted by Crippen LogP contribution is -2.49. The van der Waals surface area contributed by atoms with Crippen LogP contribution in [0.5, 0.6) is 0 Å². The van der Waals surface area contributed by atoms with Crippen LogP contribution in [-0.2, 0) is 4.79 Å². The van der Waals surface area contributed by atoms with E-state index in [2.05, 4.69) is 34.1 Å². The fourth-order valence-corrected chi connectivity index (χ4v) is 4.62. The van der Waals surface area contributed by atoms with E-state index in [-0.39, 0.29) is 17.6 Å². The number of para-hydroxylation sites is 1. The van der Waals surface area contributed by atoms with Crippen LogP contribution in [0.25, 0.3) is 5.69 Å². The number of rotatable bonds is 6. The van der Waals surface area contributed by atoms with Crippen molar-refractivity contribution in [3.05, 3.63) is 114 Å². The number of halogens is 1. The maximum absolute atomic E-state index is 14.3. The Labute approximate surface area is 199 Å². The van der Waals surface area contributed by atoms with Crippen LogP contribution < -0.4 is 4.90 Å². The number of anilines is 1. The fraction of sp³-hybridized carbons (Fsp3) is 0.214. The lowest BCUT2D eigenvalue weighted by Gasteiger charge is -2.36. The van der Waals surface area contributed by atoms with Gasteiger partial charge in [-0.1, -0.05) is 72.8 Å². The van der Waals surface area contributed by atoms with Crippen molar-refractivity contribution in [2.24, 2.45) is 0 Å². The van der Waals surface area contributed by atoms with Crippen molar-refractivity contribution in [1.29, 1.82) is 0 Å². The number of piperazine rings is 1. The van der Waals surface area contributed by atoms with Gasteiger partial charge in [-0.25, -0.2) is 9.37 Å². The predicted octanol–water partition coefficient (Wildman–Crippen LogP) is 4.88. The summed E-state index contributed by atoms with van der Waals surface area (Å²) in [6.45, 7) is 2.52. The van der Waals surface area contributed by atoms with Crippen LogP contribution in [0.15, 0.2) is 97.3 Å². The summed E-state index contributed by atoms with van der Waals surface area (Å²) in [4.78, 5) is 21.8. The van der Waals surface area contributed by atoms with Gasteiger partial charge in [0.15, 0.2) is 0 Å². The van der Waals surface area contributed by atoms with Crippen LogP contribution in [0, 0.1) is 5.82 Å². The molecule has 172 valence electrons. The fourth-order valence-electron chi connectivity index (χ4n) is 4.62. The molecule has 1 aliphatic rings. The Morgan fingerprint density at radius 1 is 0.824 bits per heavy atom. The van der Waals surface area contributed by atoms with Gasteiger partial charge < -0.3 is 9.80 Å². The van der Waals surface area contributed by atoms with Gasteiger partial charge in [-0.05, 0) is 23.3 Å². The summed E-state index contributed by atoms with van der Waals surface area (Å²) in [5, 5.41) is 0. The molecule has 1 saturated heterocycles. The molecule has 0 atom stereocenters. The van der Waals surface area contributed by atoms with E-state index < -0.39 is 0 Å². The van der Waals surface area contributed by atoms with Crippen LogP contribution in [0.1, 0.15) is 23.5 Å². The highest BCUT2D eigenvalue weighted by Crippen LogP contribution is 2.29. The number of imidazole rings is 1. The smallest absolute Gasteiger partial charge is 0.223 e. The molecule has 1 aromatic heterocycles. The van der Waals surface area contributed by atoms with Gasteiger partial charge in [0.05, 0.1) is 5.69 Å². The second-order valence-corrected chi connectivity index (χ2v) is 8.49. The largest absolute Gasteiger partial charge is 0.339 e. The van der Waals surface area contributed by atoms with Crippen LogP contribution in [0.4, 0.5) is 10.3 Å². The highest BCUT2D eigenvalue weighted by Gasteiger charge is 2.27. The summed E-state index contributed by atoms with van der Waals surface area (Å²) in [6.07, 6.45) is 3.89. The lowest BCUT2D eigenvalue weighted by molar-refractivity contribution is -0.131. The van der Waals surface area contributed by atoms with Gasteiger partial charge in [0, 0.05) is 50.9 Å². The van der Waals surface area contributed by atoms with Gasteiger partial charge >= 0.3 is 0 Å². The minimum absolute atomic E-state index is 0.0212. The van der Waals surface area contributed by atoms with E-state index in [0.29, 0.717) is 44.2 Å². The first kappa shape index (κ1) is 21.9. The summed E-state index contributed by atoms with van der Waals surface area (Å²) < 4.78 is 16.1. The number of hydrogen-bond acceptors (Lipinski definition) is 3. The molecule has 0 unspecified atom stereocenters. The molecule has 1 amide bonds. The molecular weight excluding hydrogens is 427 g/mol. The van der Waals surface area contributed by atoms with E-state index in [0.717, 1.165) is 11.1 Å². The normalized spacial score (nSPS) is 13.9. The molecule has 2 heterocycles. The molecule has 1 aliphatic heterocycles. The molecule has 1 fully saturated rings. The molecule has 0 aliphatic carbocycles. The first-order valence-electron chi connectivity index (χ1n) is 11.6. The van der Waals surface area contributed by atoms with E-state index in [1.54, 1.807) is 29.1 Å². The Kier molecular flexibility index (Phi) is 6.38. The maximum Gasteiger partial charge on any atom is 0.223 e. The second kappa shape index (κ2) is 9.91. The van der Waals surface area contributed by atoms with Crippen LogP contribution in [-0.4, -0.2) is 46.5 Å². The topological polar surface area (TPSA) is 41.4 Å². The van der Waals surface area contributed by atoms with Gasteiger partial charge in [-0.15, -0.1) is 0 Å². The summed E-state index contributed by atoms with van der Waals surface area (Å²) in [5.41, 5.74) is 2.77. The standard InChI is InChI=1S/C28H27FN4O/c29-25-13-7-8-14-26(25)33-16-15-30-28(33)32-19-17-31(18-20-32)27(34)21-24(22-9-3-1-4-10-22)23-11-5-2-6-12-23/h1-16,24H,17-21H2. The van der Waals surface area contributed by atoms with Crippen LogP contribution >= 0.6 is 0 Å². The molecule has 0 spiro atoms. The van der Waals surface area contributed by atoms with E-state index in [9.17, 15) is 9.18 Å². The van der Waals surface area contributed by atoms with Crippen LogP contribution in [0.2, 0.25) is 0 Å². The highest BCUT2D eigenvalue weighted by atomic mass is 19.1. The molecule has 5 nitrogen and oxygen atoms in total. The van der Waals surface area contributed by atoms with Crippen molar-refractivity contribution in [3.8, 4) is 5.69 Å². The number of aromatic nitrogens is 2. The zero-order chi connectivity index (χ0) is 23.3. The Hall–Kier alpha value is -3.93. The lowest BCUT2D eigenvalue weighted by atomic mass is 9.88. The zero-order valence-electron chi connectivity index (χ0n) is 18.9. The van der Waals surface area contributed by atoms with Crippen molar-refractivity contribution < 1.29 is 9.18 Å². The molecule has 34 heavy (non-hydrogen) atoms. The summed E-state index contributed by atoms with van der Waals surface area (Å²) in [6, 6.07) is 27.1. The Bertz CT molecular complexity index is 1190. The van der Waals surface area contributed by atoms with Gasteiger partial charge in [-0.3, -0.25) is 9.36 Å². The van der Waals surface area contributed by atoms with Crippen molar-refractivity contribution in [2.45, 2.75) is 12.3 Å². The number of hydrogen-bond donors (Lipinski definition) is 0. The molecule has 0 saturated carbocycles. The van der Waals surface area contributed by atoms with E-state index in [1.807, 2.05) is 47.4 Å². The van der Waals surface area contributed by atoms with Gasteiger partial charge in [-0.2, -0.15) is 0 Å². The third-order valence-corrected chi connectivity index (χ3v) is 6.43. The molecule has 6 heteroatoms. The van der Waals surface area contributed by atoms with Crippen molar-refractivity contribution >= 4 is 11.9 Å². The maximum atomic E-state index is 14.3. The minimum Gasteiger partial charge on any atom is -0.339 e. The van der Waals surface area contributed by atoms with E-state index >= 15 is 0 Å². The minimum atomic E-state index is -0.288. The summed E-state index contributed by atoms with van der Waals surface area (Å²) in [5.74, 6) is 0.578. The average Bonchev–Trinajstić information content (AvgIpc) is 3.38. The van der Waals surface area contributed by atoms with E-state index in [1.165, 1.54) is 6.07 Å². The molecule has 0 bridgehead atoms. The van der Waals surface area contributed by atoms with E-state index in [4.69, 9.17) is 0 Å². The summed E-state index contributed by atoms with van der Waals surface area (Å²) in [7, 11) is 0. The Morgan fingerprint density at radius 2 is 1.41 bits per heavy atom. The van der Waals surface area contributed by atoms with Crippen LogP contribution in [0.3, 0.4) is 0 Å². The number of benzene rings is 3. The quantitative estimate of drug-likeness (QED) is 0.417. The SMILES string of the molecule is O=C(CC(c1ccccc1)c1ccccc1)N1CCN(c2nccn2-c2ccccc2F)CC1. The van der Waals surface area contributed by atoms with Crippen molar-refractivity contribution in [1.82, 2.24) is 14.5 Å². The number of amides is 1. The molecule has 0 N–H and O–H groups in total. The number of carbonyl (C=O) groups excluding carboxylic acids is 1. The average molecular weight is 455 g/mol. The van der Waals surface area contributed by atoms with Gasteiger partial charge in [0.1, 0.15) is 5.82 Å². The molecule has 5 rings (SSSR count). The zero-order valence-corrected chi connectivity index (χ0v) is 18.9. The Morgan fingerprint density at radius 3 is 2.03 bits per heavy atom. The Balaban J connectivity index is 1.28. The monoisotopic (exact) mass is 454 g/mol. The molecule has 3 aromatic carbocycles. The number of nitrogens with zero attached hydrogens (tertiary/aromatic N) is 4. The third-order valence-electron chi connectivity index (χ3n) is 6.43. The highest BCUT2D eigenvalue weighted by molar-refractivity contribution is 5.78. The second-order valence-electron chi connectivity index (χ2n) is 8.49. The molecule has 4 aromatic rings. The van der Waals surface area contributed by atoms with Gasteiger partial charge in [0.2, 0.25) is 11.9 Å². The molecule has 0 radical (unpaired) electrons. The first-order valence-corrected chi connectivity index (χ1v) is 11.6. The van der Waals surface area contributed by atoms with Gasteiger partial charge in [0.25, 0.3) is 0 Å². The first-order chi connectivity index (χ1) is 16.7.